The van der Waals surface area contributed by atoms with Gasteiger partial charge in [-0.2, -0.15) is 0 Å². The van der Waals surface area contributed by atoms with Crippen molar-refractivity contribution >= 4 is 9.84 Å². The predicted octanol–water partition coefficient (Wildman–Crippen LogP) is 0.421. The first-order chi connectivity index (χ1) is 5.64. The third kappa shape index (κ3) is 3.11. The maximum absolute atomic E-state index is 11.4. The van der Waals surface area contributed by atoms with Crippen molar-refractivity contribution in [1.29, 1.82) is 0 Å². The molecular weight excluding hydrogens is 174 g/mol. The minimum absolute atomic E-state index is 0.351. The predicted molar refractivity (Wildman–Crippen MR) is 49.9 cm³/mol. The number of hydrogen-bond acceptors (Lipinski definition) is 3. The van der Waals surface area contributed by atoms with Crippen LogP contribution in [0.15, 0.2) is 0 Å². The van der Waals surface area contributed by atoms with Gasteiger partial charge in [-0.3, -0.25) is 0 Å². The quantitative estimate of drug-likeness (QED) is 0.700. The van der Waals surface area contributed by atoms with Crippen LogP contribution in [0.25, 0.3) is 0 Å². The summed E-state index contributed by atoms with van der Waals surface area (Å²) in [5.74, 6) is 1.10. The van der Waals surface area contributed by atoms with E-state index in [4.69, 9.17) is 0 Å². The van der Waals surface area contributed by atoms with E-state index in [-0.39, 0.29) is 0 Å². The largest absolute Gasteiger partial charge is 0.316 e. The molecule has 0 aromatic heterocycles. The van der Waals surface area contributed by atoms with Crippen LogP contribution in [0.3, 0.4) is 0 Å². The second-order valence-electron chi connectivity index (χ2n) is 3.47. The Bertz CT molecular complexity index is 217. The summed E-state index contributed by atoms with van der Waals surface area (Å²) in [5, 5.41) is 3.17. The molecule has 0 aromatic carbocycles. The Morgan fingerprint density at radius 3 is 2.75 bits per heavy atom. The van der Waals surface area contributed by atoms with Gasteiger partial charge in [0, 0.05) is 5.75 Å². The highest BCUT2D eigenvalue weighted by Crippen LogP contribution is 2.11. The van der Waals surface area contributed by atoms with Crippen molar-refractivity contribution in [3.63, 3.8) is 0 Å². The summed E-state index contributed by atoms with van der Waals surface area (Å²) in [5.41, 5.74) is 0. The van der Waals surface area contributed by atoms with Crippen LogP contribution in [0, 0.1) is 5.92 Å². The van der Waals surface area contributed by atoms with Gasteiger partial charge in [0.25, 0.3) is 0 Å². The summed E-state index contributed by atoms with van der Waals surface area (Å²) in [6.45, 7) is 3.76. The average Bonchev–Trinajstić information content (AvgIpc) is 2.38. The molecule has 0 amide bonds. The van der Waals surface area contributed by atoms with E-state index in [0.29, 0.717) is 17.4 Å². The fourth-order valence-electron chi connectivity index (χ4n) is 1.61. The highest BCUT2D eigenvalue weighted by molar-refractivity contribution is 7.91. The second-order valence-corrected chi connectivity index (χ2v) is 5.70. The Morgan fingerprint density at radius 2 is 2.25 bits per heavy atom. The monoisotopic (exact) mass is 191 g/mol. The van der Waals surface area contributed by atoms with Crippen LogP contribution in [-0.4, -0.2) is 33.0 Å². The minimum Gasteiger partial charge on any atom is -0.316 e. The minimum atomic E-state index is -2.76. The molecule has 0 bridgehead atoms. The van der Waals surface area contributed by atoms with Gasteiger partial charge >= 0.3 is 0 Å². The van der Waals surface area contributed by atoms with Crippen LogP contribution in [0.4, 0.5) is 0 Å². The Labute approximate surface area is 74.5 Å². The Morgan fingerprint density at radius 1 is 1.50 bits per heavy atom. The van der Waals surface area contributed by atoms with Gasteiger partial charge in [-0.1, -0.05) is 6.92 Å². The molecule has 1 saturated heterocycles. The molecule has 1 aliphatic heterocycles. The van der Waals surface area contributed by atoms with Crippen LogP contribution >= 0.6 is 0 Å². The van der Waals surface area contributed by atoms with Gasteiger partial charge < -0.3 is 5.32 Å². The molecule has 1 N–H and O–H groups in total. The molecule has 0 spiro atoms. The smallest absolute Gasteiger partial charge is 0.150 e. The fraction of sp³-hybridized carbons (Fsp3) is 1.00. The van der Waals surface area contributed by atoms with Gasteiger partial charge in [0.2, 0.25) is 0 Å². The molecule has 1 atom stereocenters. The molecule has 0 aromatic rings. The van der Waals surface area contributed by atoms with E-state index in [0.717, 1.165) is 25.9 Å². The summed E-state index contributed by atoms with van der Waals surface area (Å²) < 4.78 is 22.7. The van der Waals surface area contributed by atoms with Crippen LogP contribution in [0.2, 0.25) is 0 Å². The standard InChI is InChI=1S/C8H17NO2S/c1-2-5-12(10,11)7-8-3-4-9-6-8/h8-9H,2-7H2,1H3. The molecule has 72 valence electrons. The van der Waals surface area contributed by atoms with E-state index in [1.807, 2.05) is 6.92 Å². The molecular formula is C8H17NO2S. The number of sulfone groups is 1. The Kier molecular flexibility index (Phi) is 3.53. The lowest BCUT2D eigenvalue weighted by Crippen LogP contribution is -2.20. The highest BCUT2D eigenvalue weighted by Gasteiger charge is 2.21. The maximum atomic E-state index is 11.4. The molecule has 0 saturated carbocycles. The molecule has 0 aliphatic carbocycles. The molecule has 0 radical (unpaired) electrons. The van der Waals surface area contributed by atoms with E-state index < -0.39 is 9.84 Å². The fourth-order valence-corrected chi connectivity index (χ4v) is 3.40. The van der Waals surface area contributed by atoms with Gasteiger partial charge in [0.1, 0.15) is 0 Å². The molecule has 4 heteroatoms. The first-order valence-corrected chi connectivity index (χ1v) is 6.37. The zero-order valence-electron chi connectivity index (χ0n) is 7.54. The topological polar surface area (TPSA) is 46.2 Å². The summed E-state index contributed by atoms with van der Waals surface area (Å²) in [4.78, 5) is 0. The summed E-state index contributed by atoms with van der Waals surface area (Å²) >= 11 is 0. The molecule has 1 fully saturated rings. The van der Waals surface area contributed by atoms with Crippen molar-refractivity contribution in [2.24, 2.45) is 5.92 Å². The lowest BCUT2D eigenvalue weighted by atomic mass is 10.2. The average molecular weight is 191 g/mol. The first kappa shape index (κ1) is 9.99. The Hall–Kier alpha value is -0.0900. The van der Waals surface area contributed by atoms with E-state index in [2.05, 4.69) is 5.32 Å². The van der Waals surface area contributed by atoms with Crippen LogP contribution in [0.1, 0.15) is 19.8 Å². The van der Waals surface area contributed by atoms with Crippen LogP contribution < -0.4 is 5.32 Å². The normalized spacial score (nSPS) is 24.6. The van der Waals surface area contributed by atoms with Crippen molar-refractivity contribution in [1.82, 2.24) is 5.32 Å². The Balaban J connectivity index is 2.38. The lowest BCUT2D eigenvalue weighted by Gasteiger charge is -2.07. The third-order valence-corrected chi connectivity index (χ3v) is 4.18. The lowest BCUT2D eigenvalue weighted by molar-refractivity contribution is 0.569. The van der Waals surface area contributed by atoms with Crippen LogP contribution in [-0.2, 0) is 9.84 Å². The summed E-state index contributed by atoms with van der Waals surface area (Å²) in [6, 6.07) is 0. The van der Waals surface area contributed by atoms with E-state index in [1.165, 1.54) is 0 Å². The zero-order chi connectivity index (χ0) is 9.03. The summed E-state index contributed by atoms with van der Waals surface area (Å²) in [6.07, 6.45) is 1.76. The van der Waals surface area contributed by atoms with Gasteiger partial charge in [-0.05, 0) is 31.8 Å². The molecule has 1 rings (SSSR count). The SMILES string of the molecule is CCCS(=O)(=O)CC1CCNC1. The first-order valence-electron chi connectivity index (χ1n) is 4.55. The van der Waals surface area contributed by atoms with E-state index in [1.54, 1.807) is 0 Å². The van der Waals surface area contributed by atoms with Crippen molar-refractivity contribution < 1.29 is 8.42 Å². The zero-order valence-corrected chi connectivity index (χ0v) is 8.36. The number of rotatable bonds is 4. The molecule has 1 unspecified atom stereocenters. The van der Waals surface area contributed by atoms with Gasteiger partial charge in [-0.25, -0.2) is 8.42 Å². The van der Waals surface area contributed by atoms with E-state index >= 15 is 0 Å². The van der Waals surface area contributed by atoms with Crippen molar-refractivity contribution in [2.45, 2.75) is 19.8 Å². The third-order valence-electron chi connectivity index (χ3n) is 2.17. The van der Waals surface area contributed by atoms with Gasteiger partial charge in [0.15, 0.2) is 9.84 Å². The van der Waals surface area contributed by atoms with E-state index in [9.17, 15) is 8.42 Å². The van der Waals surface area contributed by atoms with Crippen molar-refractivity contribution in [3.8, 4) is 0 Å². The van der Waals surface area contributed by atoms with Gasteiger partial charge in [0.05, 0.1) is 5.75 Å². The summed E-state index contributed by atoms with van der Waals surface area (Å²) in [7, 11) is -2.76. The number of hydrogen-bond donors (Lipinski definition) is 1. The molecule has 1 heterocycles. The highest BCUT2D eigenvalue weighted by atomic mass is 32.2. The van der Waals surface area contributed by atoms with Crippen molar-refractivity contribution in [3.05, 3.63) is 0 Å². The second kappa shape index (κ2) is 4.23. The molecule has 12 heavy (non-hydrogen) atoms. The van der Waals surface area contributed by atoms with Gasteiger partial charge in [-0.15, -0.1) is 0 Å². The number of nitrogens with one attached hydrogen (secondary N) is 1. The molecule has 3 nitrogen and oxygen atoms in total. The maximum Gasteiger partial charge on any atom is 0.150 e. The molecule has 1 aliphatic rings. The van der Waals surface area contributed by atoms with Crippen LogP contribution in [0.5, 0.6) is 0 Å². The van der Waals surface area contributed by atoms with Crippen molar-refractivity contribution in [2.75, 3.05) is 24.6 Å².